The molecule has 1 aromatic heterocycles. The van der Waals surface area contributed by atoms with Gasteiger partial charge in [-0.3, -0.25) is 4.79 Å². The van der Waals surface area contributed by atoms with Crippen LogP contribution in [0.15, 0.2) is 41.1 Å². The molecule has 2 aromatic rings. The van der Waals surface area contributed by atoms with E-state index in [-0.39, 0.29) is 12.5 Å². The molecule has 1 aliphatic heterocycles. The largest absolute Gasteiger partial charge is 0.485 e. The maximum Gasteiger partial charge on any atom is 0.267 e. The lowest BCUT2D eigenvalue weighted by atomic mass is 10.2. The van der Waals surface area contributed by atoms with Gasteiger partial charge in [-0.1, -0.05) is 19.1 Å². The lowest BCUT2D eigenvalue weighted by molar-refractivity contribution is -0.141. The number of hydrogen-bond acceptors (Lipinski definition) is 4. The molecular weight excluding hydrogens is 298 g/mol. The van der Waals surface area contributed by atoms with E-state index in [2.05, 4.69) is 12.3 Å². The van der Waals surface area contributed by atoms with Crippen LogP contribution in [0.3, 0.4) is 0 Å². The molecule has 1 atom stereocenters. The molecule has 1 aromatic carbocycles. The summed E-state index contributed by atoms with van der Waals surface area (Å²) in [6.07, 6.45) is 0.347. The van der Waals surface area contributed by atoms with Crippen LogP contribution in [0.2, 0.25) is 0 Å². The van der Waals surface area contributed by atoms with Gasteiger partial charge in [0, 0.05) is 13.1 Å². The minimum atomic E-state index is -0.569. The molecule has 1 amide bonds. The summed E-state index contributed by atoms with van der Waals surface area (Å²) in [6.45, 7) is 3.68. The monoisotopic (exact) mass is 317 g/mol. The highest BCUT2D eigenvalue weighted by Crippen LogP contribution is 2.31. The fraction of sp³-hybridized carbons (Fsp3) is 0.353. The fourth-order valence-corrected chi connectivity index (χ4v) is 3.14. The van der Waals surface area contributed by atoms with Gasteiger partial charge in [-0.25, -0.2) is 0 Å². The van der Waals surface area contributed by atoms with Crippen LogP contribution in [0.1, 0.15) is 18.9 Å². The second-order valence-electron chi connectivity index (χ2n) is 5.26. The summed E-state index contributed by atoms with van der Waals surface area (Å²) in [5.41, 5.74) is 1.16. The number of benzene rings is 1. The van der Waals surface area contributed by atoms with Crippen LogP contribution in [0, 0.1) is 0 Å². The first-order valence-corrected chi connectivity index (χ1v) is 8.40. The third-order valence-corrected chi connectivity index (χ3v) is 4.27. The van der Waals surface area contributed by atoms with E-state index >= 15 is 0 Å². The van der Waals surface area contributed by atoms with Crippen molar-refractivity contribution in [2.24, 2.45) is 0 Å². The van der Waals surface area contributed by atoms with Crippen molar-refractivity contribution < 1.29 is 14.3 Å². The number of thiophene rings is 1. The number of rotatable bonds is 5. The maximum atomic E-state index is 12.7. The highest BCUT2D eigenvalue weighted by Gasteiger charge is 2.30. The number of ether oxygens (including phenoxy) is 2. The van der Waals surface area contributed by atoms with Gasteiger partial charge in [0.25, 0.3) is 5.91 Å². The number of amides is 1. The van der Waals surface area contributed by atoms with Crippen molar-refractivity contribution in [3.8, 4) is 11.5 Å². The Morgan fingerprint density at radius 1 is 1.32 bits per heavy atom. The molecule has 0 saturated carbocycles. The molecule has 5 heteroatoms. The number of hydrogen-bond donors (Lipinski definition) is 0. The van der Waals surface area contributed by atoms with E-state index in [9.17, 15) is 4.79 Å². The summed E-state index contributed by atoms with van der Waals surface area (Å²) < 4.78 is 11.5. The molecule has 116 valence electrons. The summed E-state index contributed by atoms with van der Waals surface area (Å²) in [4.78, 5) is 14.6. The number of nitrogens with zero attached hydrogens (tertiary/aromatic N) is 1. The Hall–Kier alpha value is -2.01. The van der Waals surface area contributed by atoms with E-state index < -0.39 is 6.10 Å². The van der Waals surface area contributed by atoms with Crippen LogP contribution >= 0.6 is 11.3 Å². The van der Waals surface area contributed by atoms with Crippen molar-refractivity contribution in [3.63, 3.8) is 0 Å². The summed E-state index contributed by atoms with van der Waals surface area (Å²) >= 11 is 1.64. The Bertz CT molecular complexity index is 627. The molecule has 0 spiro atoms. The van der Waals surface area contributed by atoms with E-state index in [1.807, 2.05) is 40.6 Å². The first-order chi connectivity index (χ1) is 10.8. The van der Waals surface area contributed by atoms with Crippen LogP contribution < -0.4 is 9.47 Å². The van der Waals surface area contributed by atoms with Crippen molar-refractivity contribution in [2.75, 3.05) is 13.2 Å². The van der Waals surface area contributed by atoms with Crippen molar-refractivity contribution >= 4 is 17.2 Å². The van der Waals surface area contributed by atoms with Crippen LogP contribution in [0.4, 0.5) is 0 Å². The zero-order valence-corrected chi connectivity index (χ0v) is 13.3. The minimum absolute atomic E-state index is 0.0115. The zero-order chi connectivity index (χ0) is 15.4. The van der Waals surface area contributed by atoms with Gasteiger partial charge in [0.1, 0.15) is 6.61 Å². The molecule has 2 heterocycles. The van der Waals surface area contributed by atoms with Crippen molar-refractivity contribution in [1.82, 2.24) is 4.90 Å². The van der Waals surface area contributed by atoms with Gasteiger partial charge in [0.05, 0.1) is 0 Å². The number of fused-ring (bicyclic) bond motifs is 1. The Kier molecular flexibility index (Phi) is 4.63. The average molecular weight is 317 g/mol. The molecule has 0 saturated heterocycles. The van der Waals surface area contributed by atoms with Crippen LogP contribution in [-0.2, 0) is 11.3 Å². The first kappa shape index (κ1) is 14.9. The molecule has 0 radical (unpaired) electrons. The van der Waals surface area contributed by atoms with Crippen LogP contribution in [-0.4, -0.2) is 30.1 Å². The van der Waals surface area contributed by atoms with Crippen molar-refractivity contribution in [3.05, 3.63) is 46.7 Å². The molecule has 1 unspecified atom stereocenters. The SMILES string of the molecule is CCCN(Cc1ccsc1)C(=O)C1COc2ccccc2O1. The Morgan fingerprint density at radius 3 is 2.86 bits per heavy atom. The average Bonchev–Trinajstić information content (AvgIpc) is 3.06. The van der Waals surface area contributed by atoms with Gasteiger partial charge in [0.15, 0.2) is 11.5 Å². The second-order valence-corrected chi connectivity index (χ2v) is 6.04. The Labute approximate surface area is 134 Å². The van der Waals surface area contributed by atoms with E-state index in [1.54, 1.807) is 11.3 Å². The van der Waals surface area contributed by atoms with Crippen molar-refractivity contribution in [1.29, 1.82) is 0 Å². The molecule has 0 N–H and O–H groups in total. The van der Waals surface area contributed by atoms with E-state index in [0.717, 1.165) is 18.5 Å². The molecule has 0 bridgehead atoms. The molecule has 1 aliphatic rings. The quantitative estimate of drug-likeness (QED) is 0.849. The lowest BCUT2D eigenvalue weighted by Gasteiger charge is -2.30. The van der Waals surface area contributed by atoms with Gasteiger partial charge < -0.3 is 14.4 Å². The predicted octanol–water partition coefficient (Wildman–Crippen LogP) is 3.33. The van der Waals surface area contributed by atoms with Crippen LogP contribution in [0.5, 0.6) is 11.5 Å². The third kappa shape index (κ3) is 3.25. The predicted molar refractivity (Wildman–Crippen MR) is 86.4 cm³/mol. The summed E-state index contributed by atoms with van der Waals surface area (Å²) in [6, 6.07) is 9.51. The molecule has 0 fully saturated rings. The van der Waals surface area contributed by atoms with Gasteiger partial charge in [-0.05, 0) is 40.9 Å². The first-order valence-electron chi connectivity index (χ1n) is 7.46. The second kappa shape index (κ2) is 6.83. The smallest absolute Gasteiger partial charge is 0.267 e. The zero-order valence-electron chi connectivity index (χ0n) is 12.5. The van der Waals surface area contributed by atoms with Gasteiger partial charge >= 0.3 is 0 Å². The Morgan fingerprint density at radius 2 is 2.14 bits per heavy atom. The number of carbonyl (C=O) groups excluding carboxylic acids is 1. The number of para-hydroxylation sites is 2. The number of carbonyl (C=O) groups is 1. The van der Waals surface area contributed by atoms with Gasteiger partial charge in [-0.15, -0.1) is 0 Å². The minimum Gasteiger partial charge on any atom is -0.485 e. The summed E-state index contributed by atoms with van der Waals surface area (Å²) in [5, 5.41) is 4.10. The third-order valence-electron chi connectivity index (χ3n) is 3.54. The molecule has 3 rings (SSSR count). The molecular formula is C17H19NO3S. The maximum absolute atomic E-state index is 12.7. The lowest BCUT2D eigenvalue weighted by Crippen LogP contribution is -2.46. The normalized spacial score (nSPS) is 16.3. The highest BCUT2D eigenvalue weighted by atomic mass is 32.1. The Balaban J connectivity index is 1.71. The molecule has 4 nitrogen and oxygen atoms in total. The van der Waals surface area contributed by atoms with E-state index in [4.69, 9.17) is 9.47 Å². The van der Waals surface area contributed by atoms with Gasteiger partial charge in [-0.2, -0.15) is 11.3 Å². The topological polar surface area (TPSA) is 38.8 Å². The van der Waals surface area contributed by atoms with Crippen molar-refractivity contribution in [2.45, 2.75) is 26.0 Å². The fourth-order valence-electron chi connectivity index (χ4n) is 2.48. The summed E-state index contributed by atoms with van der Waals surface area (Å²) in [5.74, 6) is 1.33. The van der Waals surface area contributed by atoms with E-state index in [0.29, 0.717) is 18.0 Å². The van der Waals surface area contributed by atoms with E-state index in [1.165, 1.54) is 0 Å². The van der Waals surface area contributed by atoms with Crippen LogP contribution in [0.25, 0.3) is 0 Å². The van der Waals surface area contributed by atoms with Gasteiger partial charge in [0.2, 0.25) is 6.10 Å². The standard InChI is InChI=1S/C17H19NO3S/c1-2-8-18(10-13-7-9-22-12-13)17(19)16-11-20-14-5-3-4-6-15(14)21-16/h3-7,9,12,16H,2,8,10-11H2,1H3. The summed E-state index contributed by atoms with van der Waals surface area (Å²) in [7, 11) is 0. The molecule has 22 heavy (non-hydrogen) atoms. The highest BCUT2D eigenvalue weighted by molar-refractivity contribution is 7.07. The molecule has 0 aliphatic carbocycles.